The molecule has 3 rings (SSSR count). The van der Waals surface area contributed by atoms with E-state index in [0.29, 0.717) is 5.69 Å². The van der Waals surface area contributed by atoms with Crippen molar-refractivity contribution in [3.8, 4) is 5.69 Å². The molecule has 0 saturated carbocycles. The fourth-order valence-electron chi connectivity index (χ4n) is 3.10. The van der Waals surface area contributed by atoms with E-state index in [1.54, 1.807) is 6.92 Å². The van der Waals surface area contributed by atoms with Crippen LogP contribution in [0.15, 0.2) is 48.5 Å². The summed E-state index contributed by atoms with van der Waals surface area (Å²) in [7, 11) is 0. The van der Waals surface area contributed by atoms with Crippen molar-refractivity contribution >= 4 is 35.0 Å². The van der Waals surface area contributed by atoms with Gasteiger partial charge in [-0.25, -0.2) is 4.68 Å². The molecule has 7 heteroatoms. The highest BCUT2D eigenvalue weighted by Crippen LogP contribution is 2.24. The zero-order chi connectivity index (χ0) is 22.5. The van der Waals surface area contributed by atoms with Crippen molar-refractivity contribution in [1.29, 1.82) is 0 Å². The largest absolute Gasteiger partial charge is 0.325 e. The number of rotatable bonds is 7. The number of amides is 2. The first-order valence-corrected chi connectivity index (χ1v) is 11.2. The molecule has 0 bridgehead atoms. The maximum atomic E-state index is 12.7. The van der Waals surface area contributed by atoms with Crippen LogP contribution < -0.4 is 10.6 Å². The smallest absolute Gasteiger partial charge is 0.237 e. The average molecular weight is 437 g/mol. The van der Waals surface area contributed by atoms with Gasteiger partial charge in [0.2, 0.25) is 11.8 Å². The molecule has 31 heavy (non-hydrogen) atoms. The van der Waals surface area contributed by atoms with Crippen LogP contribution in [-0.2, 0) is 9.59 Å². The molecule has 162 valence electrons. The van der Waals surface area contributed by atoms with Crippen LogP contribution >= 0.6 is 11.8 Å². The summed E-state index contributed by atoms with van der Waals surface area (Å²) in [5.74, 6) is -0.0841. The van der Waals surface area contributed by atoms with Crippen molar-refractivity contribution in [2.24, 2.45) is 0 Å². The number of carbonyl (C=O) groups is 2. The van der Waals surface area contributed by atoms with Crippen LogP contribution in [-0.4, -0.2) is 32.6 Å². The second-order valence-corrected chi connectivity index (χ2v) is 8.98. The number of thioether (sulfide) groups is 1. The molecule has 2 N–H and O–H groups in total. The Hall–Kier alpha value is -3.06. The fraction of sp³-hybridized carbons (Fsp3) is 0.292. The van der Waals surface area contributed by atoms with Gasteiger partial charge in [-0.2, -0.15) is 5.10 Å². The summed E-state index contributed by atoms with van der Waals surface area (Å²) >= 11 is 1.30. The topological polar surface area (TPSA) is 76.0 Å². The SMILES string of the molecule is Cc1ccc(NC(=O)CSC(C)C(=O)Nc2c(C)nn(-c3ccc(C)cc3)c2C)cc1. The van der Waals surface area contributed by atoms with Crippen molar-refractivity contribution < 1.29 is 9.59 Å². The molecule has 1 atom stereocenters. The van der Waals surface area contributed by atoms with Crippen LogP contribution in [0.2, 0.25) is 0 Å². The Bertz CT molecular complexity index is 1070. The van der Waals surface area contributed by atoms with Gasteiger partial charge in [0.05, 0.1) is 33.8 Å². The Balaban J connectivity index is 1.58. The van der Waals surface area contributed by atoms with Crippen molar-refractivity contribution in [2.75, 3.05) is 16.4 Å². The predicted octanol–water partition coefficient (Wildman–Crippen LogP) is 4.80. The molecule has 1 unspecified atom stereocenters. The van der Waals surface area contributed by atoms with Gasteiger partial charge in [0, 0.05) is 5.69 Å². The average Bonchev–Trinajstić information content (AvgIpc) is 3.02. The second-order valence-electron chi connectivity index (χ2n) is 7.65. The lowest BCUT2D eigenvalue weighted by Crippen LogP contribution is -2.25. The molecule has 0 spiro atoms. The van der Waals surface area contributed by atoms with E-state index in [1.807, 2.05) is 80.9 Å². The molecule has 0 aliphatic rings. The van der Waals surface area contributed by atoms with Crippen molar-refractivity contribution in [3.63, 3.8) is 0 Å². The number of nitrogens with zero attached hydrogens (tertiary/aromatic N) is 2. The Morgan fingerprint density at radius 1 is 0.935 bits per heavy atom. The maximum Gasteiger partial charge on any atom is 0.237 e. The van der Waals surface area contributed by atoms with Crippen LogP contribution in [0.5, 0.6) is 0 Å². The Labute approximate surface area is 187 Å². The van der Waals surface area contributed by atoms with E-state index in [2.05, 4.69) is 15.7 Å². The molecule has 2 amide bonds. The molecule has 1 heterocycles. The van der Waals surface area contributed by atoms with Crippen molar-refractivity contribution in [2.45, 2.75) is 39.9 Å². The van der Waals surface area contributed by atoms with E-state index in [4.69, 9.17) is 0 Å². The number of aryl methyl sites for hydroxylation is 3. The quantitative estimate of drug-likeness (QED) is 0.558. The number of benzene rings is 2. The number of hydrogen-bond donors (Lipinski definition) is 2. The molecule has 0 fully saturated rings. The number of anilines is 2. The minimum atomic E-state index is -0.384. The molecule has 0 saturated heterocycles. The zero-order valence-electron chi connectivity index (χ0n) is 18.5. The fourth-order valence-corrected chi connectivity index (χ4v) is 3.78. The van der Waals surface area contributed by atoms with Gasteiger partial charge in [-0.3, -0.25) is 9.59 Å². The van der Waals surface area contributed by atoms with Crippen LogP contribution in [0.1, 0.15) is 29.4 Å². The highest BCUT2D eigenvalue weighted by molar-refractivity contribution is 8.01. The normalized spacial score (nSPS) is 11.8. The molecular formula is C24H28N4O2S. The zero-order valence-corrected chi connectivity index (χ0v) is 19.3. The Morgan fingerprint density at radius 3 is 2.13 bits per heavy atom. The molecule has 1 aromatic heterocycles. The van der Waals surface area contributed by atoms with Gasteiger partial charge >= 0.3 is 0 Å². The van der Waals surface area contributed by atoms with E-state index in [9.17, 15) is 9.59 Å². The monoisotopic (exact) mass is 436 g/mol. The van der Waals surface area contributed by atoms with Crippen LogP contribution in [0.25, 0.3) is 5.69 Å². The minimum absolute atomic E-state index is 0.131. The number of hydrogen-bond acceptors (Lipinski definition) is 4. The first-order chi connectivity index (χ1) is 14.7. The third kappa shape index (κ3) is 5.76. The van der Waals surface area contributed by atoms with E-state index in [-0.39, 0.29) is 22.8 Å². The summed E-state index contributed by atoms with van der Waals surface area (Å²) in [6.07, 6.45) is 0. The van der Waals surface area contributed by atoms with Gasteiger partial charge in [-0.05, 0) is 58.9 Å². The van der Waals surface area contributed by atoms with Gasteiger partial charge in [0.1, 0.15) is 0 Å². The van der Waals surface area contributed by atoms with Crippen molar-refractivity contribution in [1.82, 2.24) is 9.78 Å². The Kier molecular flexibility index (Phi) is 7.17. The Morgan fingerprint density at radius 2 is 1.52 bits per heavy atom. The van der Waals surface area contributed by atoms with E-state index < -0.39 is 0 Å². The lowest BCUT2D eigenvalue weighted by atomic mass is 10.2. The second kappa shape index (κ2) is 9.83. The number of nitrogens with one attached hydrogen (secondary N) is 2. The van der Waals surface area contributed by atoms with Crippen LogP contribution in [0.4, 0.5) is 11.4 Å². The van der Waals surface area contributed by atoms with Crippen LogP contribution in [0, 0.1) is 27.7 Å². The van der Waals surface area contributed by atoms with Gasteiger partial charge in [-0.1, -0.05) is 35.4 Å². The minimum Gasteiger partial charge on any atom is -0.325 e. The third-order valence-corrected chi connectivity index (χ3v) is 6.13. The summed E-state index contributed by atoms with van der Waals surface area (Å²) in [5.41, 5.74) is 6.34. The van der Waals surface area contributed by atoms with Gasteiger partial charge in [0.25, 0.3) is 0 Å². The van der Waals surface area contributed by atoms with Gasteiger partial charge < -0.3 is 10.6 Å². The summed E-state index contributed by atoms with van der Waals surface area (Å²) in [4.78, 5) is 24.9. The number of aromatic nitrogens is 2. The first kappa shape index (κ1) is 22.6. The maximum absolute atomic E-state index is 12.7. The lowest BCUT2D eigenvalue weighted by molar-refractivity contribution is -0.115. The van der Waals surface area contributed by atoms with E-state index in [1.165, 1.54) is 17.3 Å². The van der Waals surface area contributed by atoms with Crippen molar-refractivity contribution in [3.05, 3.63) is 71.0 Å². The third-order valence-electron chi connectivity index (χ3n) is 4.99. The lowest BCUT2D eigenvalue weighted by Gasteiger charge is -2.13. The van der Waals surface area contributed by atoms with E-state index >= 15 is 0 Å². The molecule has 0 aliphatic heterocycles. The molecule has 6 nitrogen and oxygen atoms in total. The summed E-state index contributed by atoms with van der Waals surface area (Å²) in [6.45, 7) is 9.64. The first-order valence-electron chi connectivity index (χ1n) is 10.2. The highest BCUT2D eigenvalue weighted by Gasteiger charge is 2.20. The summed E-state index contributed by atoms with van der Waals surface area (Å²) in [5, 5.41) is 10.0. The van der Waals surface area contributed by atoms with E-state index in [0.717, 1.165) is 28.3 Å². The number of carbonyl (C=O) groups excluding carboxylic acids is 2. The molecule has 2 aromatic carbocycles. The summed E-state index contributed by atoms with van der Waals surface area (Å²) in [6, 6.07) is 15.7. The highest BCUT2D eigenvalue weighted by atomic mass is 32.2. The predicted molar refractivity (Wildman–Crippen MR) is 128 cm³/mol. The molecule has 0 radical (unpaired) electrons. The van der Waals surface area contributed by atoms with Gasteiger partial charge in [0.15, 0.2) is 0 Å². The summed E-state index contributed by atoms with van der Waals surface area (Å²) < 4.78 is 1.83. The van der Waals surface area contributed by atoms with Crippen LogP contribution in [0.3, 0.4) is 0 Å². The van der Waals surface area contributed by atoms with Gasteiger partial charge in [-0.15, -0.1) is 11.8 Å². The molecule has 0 aliphatic carbocycles. The molecule has 3 aromatic rings. The standard InChI is InChI=1S/C24H28N4O2S/c1-15-6-10-20(11-7-15)25-22(29)14-31-19(5)24(30)26-23-17(3)27-28(18(23)4)21-12-8-16(2)9-13-21/h6-13,19H,14H2,1-5H3,(H,25,29)(H,26,30). The molecular weight excluding hydrogens is 408 g/mol.